The van der Waals surface area contributed by atoms with Crippen molar-refractivity contribution >= 4 is 29.5 Å². The van der Waals surface area contributed by atoms with Crippen molar-refractivity contribution in [3.05, 3.63) is 84.4 Å². The highest BCUT2D eigenvalue weighted by Crippen LogP contribution is 2.37. The SMILES string of the molecule is Cc1cccc(P(c2ccccc2)c2ccccc2)c1NC(C)(C)C. The smallest absolute Gasteiger partial charge is 0.0458 e. The molecule has 0 aliphatic rings. The first-order valence-electron chi connectivity index (χ1n) is 8.74. The maximum atomic E-state index is 3.75. The molecule has 25 heavy (non-hydrogen) atoms. The van der Waals surface area contributed by atoms with Crippen LogP contribution in [0.3, 0.4) is 0 Å². The highest BCUT2D eigenvalue weighted by Gasteiger charge is 2.22. The predicted octanol–water partition coefficient (Wildman–Crippen LogP) is 4.96. The Morgan fingerprint density at radius 2 is 1.20 bits per heavy atom. The largest absolute Gasteiger partial charge is 0.380 e. The Hall–Kier alpha value is -2.11. The third-order valence-electron chi connectivity index (χ3n) is 4.02. The minimum absolute atomic E-state index is 0.0231. The molecule has 0 radical (unpaired) electrons. The van der Waals surface area contributed by atoms with Gasteiger partial charge in [-0.25, -0.2) is 0 Å². The van der Waals surface area contributed by atoms with Crippen LogP contribution in [0.5, 0.6) is 0 Å². The van der Waals surface area contributed by atoms with E-state index in [0.717, 1.165) is 0 Å². The fraction of sp³-hybridized carbons (Fsp3) is 0.217. The van der Waals surface area contributed by atoms with Crippen molar-refractivity contribution in [1.29, 1.82) is 0 Å². The van der Waals surface area contributed by atoms with Crippen LogP contribution >= 0.6 is 7.92 Å². The van der Waals surface area contributed by atoms with Crippen LogP contribution in [0.4, 0.5) is 5.69 Å². The molecule has 3 aromatic carbocycles. The predicted molar refractivity (Wildman–Crippen MR) is 113 cm³/mol. The van der Waals surface area contributed by atoms with Gasteiger partial charge in [-0.3, -0.25) is 0 Å². The number of benzene rings is 3. The molecular weight excluding hydrogens is 321 g/mol. The van der Waals surface area contributed by atoms with E-state index in [4.69, 9.17) is 0 Å². The number of anilines is 1. The van der Waals surface area contributed by atoms with Crippen molar-refractivity contribution in [2.24, 2.45) is 0 Å². The van der Waals surface area contributed by atoms with Gasteiger partial charge in [-0.05, 0) is 51.8 Å². The summed E-state index contributed by atoms with van der Waals surface area (Å²) < 4.78 is 0. The number of hydrogen-bond donors (Lipinski definition) is 1. The van der Waals surface area contributed by atoms with E-state index in [2.05, 4.69) is 112 Å². The van der Waals surface area contributed by atoms with E-state index in [9.17, 15) is 0 Å². The minimum atomic E-state index is -0.598. The van der Waals surface area contributed by atoms with Gasteiger partial charge >= 0.3 is 0 Å². The summed E-state index contributed by atoms with van der Waals surface area (Å²) in [6.45, 7) is 8.85. The summed E-state index contributed by atoms with van der Waals surface area (Å²) in [6.07, 6.45) is 0. The van der Waals surface area contributed by atoms with Gasteiger partial charge < -0.3 is 5.32 Å². The van der Waals surface area contributed by atoms with Gasteiger partial charge in [-0.2, -0.15) is 0 Å². The molecule has 0 aliphatic carbocycles. The number of nitrogens with one attached hydrogen (secondary N) is 1. The molecule has 1 nitrogen and oxygen atoms in total. The summed E-state index contributed by atoms with van der Waals surface area (Å²) >= 11 is 0. The molecule has 0 bridgehead atoms. The summed E-state index contributed by atoms with van der Waals surface area (Å²) in [5, 5.41) is 7.91. The third kappa shape index (κ3) is 4.30. The van der Waals surface area contributed by atoms with Crippen LogP contribution in [0.25, 0.3) is 0 Å². The molecule has 3 rings (SSSR count). The first kappa shape index (κ1) is 17.7. The molecule has 2 heteroatoms. The lowest BCUT2D eigenvalue weighted by Gasteiger charge is -2.29. The molecular formula is C23H26NP. The van der Waals surface area contributed by atoms with Crippen LogP contribution in [-0.2, 0) is 0 Å². The first-order valence-corrected chi connectivity index (χ1v) is 10.1. The van der Waals surface area contributed by atoms with Gasteiger partial charge in [0.25, 0.3) is 0 Å². The van der Waals surface area contributed by atoms with E-state index in [1.54, 1.807) is 0 Å². The zero-order valence-corrected chi connectivity index (χ0v) is 16.3. The van der Waals surface area contributed by atoms with Gasteiger partial charge in [0, 0.05) is 16.5 Å². The van der Waals surface area contributed by atoms with Crippen LogP contribution in [0.15, 0.2) is 78.9 Å². The molecule has 1 N–H and O–H groups in total. The van der Waals surface area contributed by atoms with Gasteiger partial charge in [0.2, 0.25) is 0 Å². The second kappa shape index (κ2) is 7.42. The second-order valence-electron chi connectivity index (χ2n) is 7.35. The number of hydrogen-bond acceptors (Lipinski definition) is 1. The average molecular weight is 347 g/mol. The molecule has 128 valence electrons. The summed E-state index contributed by atoms with van der Waals surface area (Å²) in [7, 11) is -0.598. The van der Waals surface area contributed by atoms with Crippen LogP contribution in [0.1, 0.15) is 26.3 Å². The van der Waals surface area contributed by atoms with Crippen LogP contribution in [0.2, 0.25) is 0 Å². The molecule has 0 heterocycles. The lowest BCUT2D eigenvalue weighted by atomic mass is 10.1. The van der Waals surface area contributed by atoms with Crippen molar-refractivity contribution in [2.45, 2.75) is 33.2 Å². The molecule has 0 unspecified atom stereocenters. The standard InChI is InChI=1S/C23H26NP/c1-18-12-11-17-21(22(18)24-23(2,3)4)25(19-13-7-5-8-14-19)20-15-9-6-10-16-20/h5-17,24H,1-4H3. The van der Waals surface area contributed by atoms with Gasteiger partial charge in [0.15, 0.2) is 0 Å². The molecule has 0 atom stereocenters. The zero-order valence-electron chi connectivity index (χ0n) is 15.5. The summed E-state index contributed by atoms with van der Waals surface area (Å²) in [5.74, 6) is 0. The van der Waals surface area contributed by atoms with Gasteiger partial charge in [0.1, 0.15) is 0 Å². The third-order valence-corrected chi connectivity index (χ3v) is 6.50. The Morgan fingerprint density at radius 3 is 1.68 bits per heavy atom. The van der Waals surface area contributed by atoms with Crippen molar-refractivity contribution in [2.75, 3.05) is 5.32 Å². The fourth-order valence-corrected chi connectivity index (χ4v) is 5.44. The van der Waals surface area contributed by atoms with Crippen molar-refractivity contribution in [3.8, 4) is 0 Å². The quantitative estimate of drug-likeness (QED) is 0.658. The number of rotatable bonds is 4. The molecule has 0 spiro atoms. The fourth-order valence-electron chi connectivity index (χ4n) is 2.96. The van der Waals surface area contributed by atoms with E-state index in [1.165, 1.54) is 27.2 Å². The van der Waals surface area contributed by atoms with Crippen molar-refractivity contribution < 1.29 is 0 Å². The van der Waals surface area contributed by atoms with E-state index in [0.29, 0.717) is 0 Å². The number of aryl methyl sites for hydroxylation is 1. The maximum Gasteiger partial charge on any atom is 0.0458 e. The van der Waals surface area contributed by atoms with Gasteiger partial charge in [0.05, 0.1) is 0 Å². The van der Waals surface area contributed by atoms with Crippen LogP contribution in [-0.4, -0.2) is 5.54 Å². The Bertz CT molecular complexity index is 780. The lowest BCUT2D eigenvalue weighted by molar-refractivity contribution is 0.634. The molecule has 0 amide bonds. The molecule has 0 aliphatic heterocycles. The van der Waals surface area contributed by atoms with Crippen LogP contribution in [0, 0.1) is 6.92 Å². The average Bonchev–Trinajstić information content (AvgIpc) is 2.59. The van der Waals surface area contributed by atoms with E-state index < -0.39 is 7.92 Å². The topological polar surface area (TPSA) is 12.0 Å². The Labute approximate surface area is 152 Å². The van der Waals surface area contributed by atoms with Crippen molar-refractivity contribution in [3.63, 3.8) is 0 Å². The molecule has 0 saturated carbocycles. The van der Waals surface area contributed by atoms with Crippen molar-refractivity contribution in [1.82, 2.24) is 0 Å². The minimum Gasteiger partial charge on any atom is -0.380 e. The lowest BCUT2D eigenvalue weighted by Crippen LogP contribution is -2.31. The normalized spacial score (nSPS) is 11.6. The summed E-state index contributed by atoms with van der Waals surface area (Å²) in [4.78, 5) is 0. The Balaban J connectivity index is 2.20. The zero-order chi connectivity index (χ0) is 17.9. The summed E-state index contributed by atoms with van der Waals surface area (Å²) in [6, 6.07) is 28.4. The molecule has 3 aromatic rings. The van der Waals surface area contributed by atoms with Crippen LogP contribution < -0.4 is 21.2 Å². The van der Waals surface area contributed by atoms with Gasteiger partial charge in [-0.15, -0.1) is 0 Å². The van der Waals surface area contributed by atoms with E-state index in [1.807, 2.05) is 0 Å². The Morgan fingerprint density at radius 1 is 0.680 bits per heavy atom. The molecule has 0 saturated heterocycles. The maximum absolute atomic E-state index is 3.75. The number of para-hydroxylation sites is 1. The van der Waals surface area contributed by atoms with E-state index >= 15 is 0 Å². The molecule has 0 aromatic heterocycles. The van der Waals surface area contributed by atoms with E-state index in [-0.39, 0.29) is 5.54 Å². The first-order chi connectivity index (χ1) is 12.0. The highest BCUT2D eigenvalue weighted by molar-refractivity contribution is 7.80. The summed E-state index contributed by atoms with van der Waals surface area (Å²) in [5.41, 5.74) is 2.59. The highest BCUT2D eigenvalue weighted by atomic mass is 31.1. The van der Waals surface area contributed by atoms with Gasteiger partial charge in [-0.1, -0.05) is 78.9 Å². The Kier molecular flexibility index (Phi) is 5.25. The second-order valence-corrected chi connectivity index (χ2v) is 9.54. The molecule has 0 fully saturated rings. The monoisotopic (exact) mass is 347 g/mol.